The first-order valence-electron chi connectivity index (χ1n) is 10.3. The van der Waals surface area contributed by atoms with E-state index < -0.39 is 17.7 Å². The fraction of sp³-hybridized carbons (Fsp3) is 0.120. The van der Waals surface area contributed by atoms with Gasteiger partial charge in [0.25, 0.3) is 17.7 Å². The maximum atomic E-state index is 13.1. The molecular weight excluding hydrogens is 438 g/mol. The molecule has 3 aromatic carbocycles. The lowest BCUT2D eigenvalue weighted by atomic mass is 10.1. The third kappa shape index (κ3) is 4.61. The van der Waals surface area contributed by atoms with E-state index >= 15 is 0 Å². The van der Waals surface area contributed by atoms with Crippen molar-refractivity contribution in [1.82, 2.24) is 5.32 Å². The van der Waals surface area contributed by atoms with Crippen LogP contribution in [0.5, 0.6) is 5.75 Å². The molecule has 0 aromatic heterocycles. The summed E-state index contributed by atoms with van der Waals surface area (Å²) in [4.78, 5) is 39.7. The highest BCUT2D eigenvalue weighted by molar-refractivity contribution is 7.80. The normalized spacial score (nSPS) is 12.5. The van der Waals surface area contributed by atoms with Gasteiger partial charge in [-0.3, -0.25) is 19.7 Å². The van der Waals surface area contributed by atoms with Crippen LogP contribution < -0.4 is 20.3 Å². The number of hydrogen-bond acceptors (Lipinski definition) is 5. The molecule has 166 valence electrons. The van der Waals surface area contributed by atoms with Crippen LogP contribution in [0.3, 0.4) is 0 Å². The van der Waals surface area contributed by atoms with Crippen LogP contribution in [0.15, 0.2) is 72.8 Å². The first-order chi connectivity index (χ1) is 15.8. The maximum Gasteiger partial charge on any atom is 0.268 e. The highest BCUT2D eigenvalue weighted by Crippen LogP contribution is 2.32. The van der Waals surface area contributed by atoms with E-state index in [4.69, 9.17) is 17.0 Å². The van der Waals surface area contributed by atoms with E-state index in [9.17, 15) is 14.4 Å². The van der Waals surface area contributed by atoms with Gasteiger partial charge >= 0.3 is 0 Å². The molecule has 2 N–H and O–H groups in total. The molecule has 7 nitrogen and oxygen atoms in total. The number of ether oxygens (including phenoxy) is 1. The van der Waals surface area contributed by atoms with Crippen LogP contribution in [0.25, 0.3) is 0 Å². The number of fused-ring (bicyclic) bond motifs is 1. The van der Waals surface area contributed by atoms with Crippen molar-refractivity contribution in [2.75, 3.05) is 10.2 Å². The molecule has 0 unspecified atom stereocenters. The Morgan fingerprint density at radius 1 is 0.939 bits per heavy atom. The molecule has 33 heavy (non-hydrogen) atoms. The summed E-state index contributed by atoms with van der Waals surface area (Å²) >= 11 is 5.29. The van der Waals surface area contributed by atoms with Gasteiger partial charge in [-0.1, -0.05) is 30.3 Å². The number of carbonyl (C=O) groups excluding carboxylic acids is 3. The zero-order chi connectivity index (χ0) is 23.5. The molecule has 1 aliphatic heterocycles. The minimum Gasteiger partial charge on any atom is -0.491 e. The number of thiocarbonyl (C=S) groups is 1. The molecule has 4 rings (SSSR count). The minimum absolute atomic E-state index is 0.00184. The second kappa shape index (κ2) is 9.22. The van der Waals surface area contributed by atoms with Crippen LogP contribution in [-0.4, -0.2) is 28.9 Å². The Hall–Kier alpha value is -4.04. The Kier molecular flexibility index (Phi) is 6.19. The zero-order valence-corrected chi connectivity index (χ0v) is 18.8. The molecule has 1 aliphatic rings. The van der Waals surface area contributed by atoms with Gasteiger partial charge in [0, 0.05) is 5.56 Å². The lowest BCUT2D eigenvalue weighted by Crippen LogP contribution is -2.34. The third-order valence-electron chi connectivity index (χ3n) is 4.87. The van der Waals surface area contributed by atoms with Crippen LogP contribution in [0, 0.1) is 0 Å². The molecule has 3 aromatic rings. The molecule has 8 heteroatoms. The van der Waals surface area contributed by atoms with Gasteiger partial charge in [0.2, 0.25) is 0 Å². The van der Waals surface area contributed by atoms with Gasteiger partial charge in [0.15, 0.2) is 5.11 Å². The van der Waals surface area contributed by atoms with E-state index in [1.807, 2.05) is 13.8 Å². The maximum absolute atomic E-state index is 13.1. The van der Waals surface area contributed by atoms with Crippen molar-refractivity contribution in [3.8, 4) is 5.75 Å². The van der Waals surface area contributed by atoms with Crippen molar-refractivity contribution in [1.29, 1.82) is 0 Å². The van der Waals surface area contributed by atoms with E-state index in [1.165, 1.54) is 0 Å². The number of amides is 3. The first-order valence-corrected chi connectivity index (χ1v) is 10.7. The van der Waals surface area contributed by atoms with Crippen molar-refractivity contribution >= 4 is 46.4 Å². The Morgan fingerprint density at radius 2 is 1.67 bits per heavy atom. The number of nitrogens with one attached hydrogen (secondary N) is 2. The zero-order valence-electron chi connectivity index (χ0n) is 18.0. The second-order valence-corrected chi connectivity index (χ2v) is 8.02. The van der Waals surface area contributed by atoms with Gasteiger partial charge in [-0.2, -0.15) is 0 Å². The van der Waals surface area contributed by atoms with Gasteiger partial charge < -0.3 is 10.1 Å². The summed E-state index contributed by atoms with van der Waals surface area (Å²) in [6, 6.07) is 20.3. The van der Waals surface area contributed by atoms with Gasteiger partial charge in [-0.25, -0.2) is 4.90 Å². The van der Waals surface area contributed by atoms with Gasteiger partial charge in [0.1, 0.15) is 5.75 Å². The smallest absolute Gasteiger partial charge is 0.268 e. The number of para-hydroxylation sites is 1. The van der Waals surface area contributed by atoms with Crippen molar-refractivity contribution < 1.29 is 19.1 Å². The standard InChI is InChI=1S/C25H21N3O4S/c1-15(2)32-18-11-6-8-16(14-18)22(29)27-25(33)26-20-13-7-12-19-21(20)24(31)28(23(19)30)17-9-4-3-5-10-17/h3-15H,1-2H3,(H2,26,27,29,33). The number of benzene rings is 3. The lowest BCUT2D eigenvalue weighted by Gasteiger charge is -2.14. The van der Waals surface area contributed by atoms with Crippen molar-refractivity contribution in [2.24, 2.45) is 0 Å². The predicted octanol–water partition coefficient (Wildman–Crippen LogP) is 4.40. The lowest BCUT2D eigenvalue weighted by molar-refractivity contribution is 0.0924. The first kappa shape index (κ1) is 22.2. The molecule has 0 aliphatic carbocycles. The van der Waals surface area contributed by atoms with Crippen LogP contribution in [0.4, 0.5) is 11.4 Å². The average molecular weight is 460 g/mol. The Morgan fingerprint density at radius 3 is 2.39 bits per heavy atom. The highest BCUT2D eigenvalue weighted by atomic mass is 32.1. The van der Waals surface area contributed by atoms with Crippen molar-refractivity contribution in [2.45, 2.75) is 20.0 Å². The molecule has 0 atom stereocenters. The molecule has 0 saturated carbocycles. The summed E-state index contributed by atoms with van der Waals surface area (Å²) in [5.41, 5.74) is 1.66. The SMILES string of the molecule is CC(C)Oc1cccc(C(=O)NC(=S)Nc2cccc3c2C(=O)N(c2ccccc2)C3=O)c1. The summed E-state index contributed by atoms with van der Waals surface area (Å²) in [7, 11) is 0. The predicted molar refractivity (Wildman–Crippen MR) is 130 cm³/mol. The Balaban J connectivity index is 1.52. The number of rotatable bonds is 5. The topological polar surface area (TPSA) is 87.7 Å². The third-order valence-corrected chi connectivity index (χ3v) is 5.08. The van der Waals surface area contributed by atoms with Gasteiger partial charge in [0.05, 0.1) is 28.6 Å². The van der Waals surface area contributed by atoms with Crippen LogP contribution in [-0.2, 0) is 0 Å². The number of carbonyl (C=O) groups is 3. The molecule has 0 spiro atoms. The number of imide groups is 1. The fourth-order valence-corrected chi connectivity index (χ4v) is 3.72. The Bertz CT molecular complexity index is 1260. The minimum atomic E-state index is -0.461. The van der Waals surface area contributed by atoms with E-state index in [0.29, 0.717) is 22.7 Å². The van der Waals surface area contributed by atoms with E-state index in [1.54, 1.807) is 72.8 Å². The number of nitrogens with zero attached hydrogens (tertiary/aromatic N) is 1. The van der Waals surface area contributed by atoms with Gasteiger partial charge in [-0.15, -0.1) is 0 Å². The number of hydrogen-bond donors (Lipinski definition) is 2. The summed E-state index contributed by atoms with van der Waals surface area (Å²) in [5.74, 6) is -0.733. The quantitative estimate of drug-likeness (QED) is 0.434. The largest absolute Gasteiger partial charge is 0.491 e. The van der Waals surface area contributed by atoms with Crippen LogP contribution >= 0.6 is 12.2 Å². The molecule has 0 fully saturated rings. The van der Waals surface area contributed by atoms with E-state index in [0.717, 1.165) is 4.90 Å². The van der Waals surface area contributed by atoms with Crippen molar-refractivity contribution in [3.05, 3.63) is 89.5 Å². The second-order valence-electron chi connectivity index (χ2n) is 7.61. The molecule has 0 radical (unpaired) electrons. The van der Waals surface area contributed by atoms with Crippen LogP contribution in [0.2, 0.25) is 0 Å². The monoisotopic (exact) mass is 459 g/mol. The van der Waals surface area contributed by atoms with Crippen molar-refractivity contribution in [3.63, 3.8) is 0 Å². The van der Waals surface area contributed by atoms with E-state index in [-0.39, 0.29) is 22.3 Å². The number of anilines is 2. The van der Waals surface area contributed by atoms with Gasteiger partial charge in [-0.05, 0) is 68.5 Å². The summed E-state index contributed by atoms with van der Waals surface area (Å²) in [6.07, 6.45) is -0.0260. The molecular formula is C25H21N3O4S. The fourth-order valence-electron chi connectivity index (χ4n) is 3.51. The molecule has 0 bridgehead atoms. The molecule has 1 heterocycles. The average Bonchev–Trinajstić information content (AvgIpc) is 3.05. The van der Waals surface area contributed by atoms with E-state index in [2.05, 4.69) is 10.6 Å². The summed E-state index contributed by atoms with van der Waals surface area (Å²) < 4.78 is 5.62. The molecule has 3 amide bonds. The van der Waals surface area contributed by atoms with Crippen LogP contribution in [0.1, 0.15) is 44.9 Å². The highest BCUT2D eigenvalue weighted by Gasteiger charge is 2.38. The Labute approximate surface area is 196 Å². The molecule has 0 saturated heterocycles. The summed E-state index contributed by atoms with van der Waals surface area (Å²) in [6.45, 7) is 3.80. The summed E-state index contributed by atoms with van der Waals surface area (Å²) in [5, 5.41) is 5.48.